The average Bonchev–Trinajstić information content (AvgIpc) is 2.87. The Labute approximate surface area is 205 Å². The van der Waals surface area contributed by atoms with Crippen LogP contribution in [0.2, 0.25) is 0 Å². The van der Waals surface area contributed by atoms with E-state index in [1.165, 1.54) is 10.1 Å². The van der Waals surface area contributed by atoms with Crippen LogP contribution in [0, 0.1) is 13.8 Å². The standard InChI is InChI=1S/C29H31N3O3/c1-5-21-7-11-24(12-8-21)30-17-23-15-22-9-13-26(35-4)16-27(22)32(29(23)34)18-28(33)31-25-10-6-19(2)20(3)14-25/h6-16,30H,5,17-18H2,1-4H3,(H,31,33). The largest absolute Gasteiger partial charge is 0.497 e. The van der Waals surface area contributed by atoms with Crippen molar-refractivity contribution in [3.8, 4) is 5.75 Å². The lowest BCUT2D eigenvalue weighted by Crippen LogP contribution is -2.30. The van der Waals surface area contributed by atoms with Gasteiger partial charge in [-0.2, -0.15) is 0 Å². The minimum Gasteiger partial charge on any atom is -0.497 e. The van der Waals surface area contributed by atoms with Gasteiger partial charge in [-0.05, 0) is 84.8 Å². The van der Waals surface area contributed by atoms with E-state index in [9.17, 15) is 9.59 Å². The highest BCUT2D eigenvalue weighted by Gasteiger charge is 2.14. The molecule has 0 unspecified atom stereocenters. The van der Waals surface area contributed by atoms with Crippen molar-refractivity contribution in [2.75, 3.05) is 17.7 Å². The maximum Gasteiger partial charge on any atom is 0.256 e. The number of nitrogens with one attached hydrogen (secondary N) is 2. The number of aromatic nitrogens is 1. The number of nitrogens with zero attached hydrogens (tertiary/aromatic N) is 1. The second kappa shape index (κ2) is 10.5. The summed E-state index contributed by atoms with van der Waals surface area (Å²) in [7, 11) is 1.58. The van der Waals surface area contributed by atoms with Gasteiger partial charge in [-0.3, -0.25) is 14.2 Å². The highest BCUT2D eigenvalue weighted by Crippen LogP contribution is 2.22. The van der Waals surface area contributed by atoms with Crippen LogP contribution in [0.15, 0.2) is 71.5 Å². The van der Waals surface area contributed by atoms with Crippen molar-refractivity contribution in [3.05, 3.63) is 99.3 Å². The zero-order chi connectivity index (χ0) is 24.9. The van der Waals surface area contributed by atoms with Gasteiger partial charge in [0.05, 0.1) is 12.6 Å². The number of carbonyl (C=O) groups excluding carboxylic acids is 1. The highest BCUT2D eigenvalue weighted by atomic mass is 16.5. The van der Waals surface area contributed by atoms with Gasteiger partial charge in [-0.25, -0.2) is 0 Å². The fourth-order valence-electron chi connectivity index (χ4n) is 4.04. The molecule has 0 spiro atoms. The molecule has 6 heteroatoms. The molecule has 4 rings (SSSR count). The van der Waals surface area contributed by atoms with Gasteiger partial charge in [0, 0.05) is 29.5 Å². The summed E-state index contributed by atoms with van der Waals surface area (Å²) in [5, 5.41) is 7.12. The smallest absolute Gasteiger partial charge is 0.256 e. The van der Waals surface area contributed by atoms with Crippen molar-refractivity contribution < 1.29 is 9.53 Å². The summed E-state index contributed by atoms with van der Waals surface area (Å²) < 4.78 is 6.89. The Kier molecular flexibility index (Phi) is 7.20. The number of hydrogen-bond acceptors (Lipinski definition) is 4. The van der Waals surface area contributed by atoms with Crippen molar-refractivity contribution in [1.82, 2.24) is 4.57 Å². The number of methoxy groups -OCH3 is 1. The molecule has 0 atom stereocenters. The number of amides is 1. The van der Waals surface area contributed by atoms with Crippen molar-refractivity contribution in [1.29, 1.82) is 0 Å². The molecule has 35 heavy (non-hydrogen) atoms. The summed E-state index contributed by atoms with van der Waals surface area (Å²) in [5.74, 6) is 0.363. The van der Waals surface area contributed by atoms with Gasteiger partial charge in [0.2, 0.25) is 5.91 Å². The van der Waals surface area contributed by atoms with Gasteiger partial charge in [0.15, 0.2) is 0 Å². The zero-order valence-corrected chi connectivity index (χ0v) is 20.6. The van der Waals surface area contributed by atoms with Crippen molar-refractivity contribution in [2.45, 2.75) is 40.3 Å². The first-order valence-electron chi connectivity index (χ1n) is 11.8. The van der Waals surface area contributed by atoms with Crippen LogP contribution in [0.5, 0.6) is 5.75 Å². The van der Waals surface area contributed by atoms with E-state index in [-0.39, 0.29) is 18.0 Å². The molecule has 1 amide bonds. The molecular formula is C29H31N3O3. The first-order valence-corrected chi connectivity index (χ1v) is 11.8. The number of aryl methyl sites for hydroxylation is 3. The molecule has 2 N–H and O–H groups in total. The number of carbonyl (C=O) groups is 1. The van der Waals surface area contributed by atoms with E-state index in [0.29, 0.717) is 29.1 Å². The molecule has 180 valence electrons. The van der Waals surface area contributed by atoms with Crippen molar-refractivity contribution >= 4 is 28.2 Å². The van der Waals surface area contributed by atoms with Gasteiger partial charge >= 0.3 is 0 Å². The molecule has 1 heterocycles. The van der Waals surface area contributed by atoms with E-state index in [4.69, 9.17) is 4.74 Å². The Hall–Kier alpha value is -4.06. The van der Waals surface area contributed by atoms with E-state index in [1.807, 2.05) is 62.4 Å². The molecule has 0 fully saturated rings. The van der Waals surface area contributed by atoms with Crippen LogP contribution in [0.1, 0.15) is 29.2 Å². The van der Waals surface area contributed by atoms with Crippen LogP contribution in [0.3, 0.4) is 0 Å². The molecule has 0 aliphatic heterocycles. The minimum absolute atomic E-state index is 0.103. The number of hydrogen-bond donors (Lipinski definition) is 2. The normalized spacial score (nSPS) is 10.9. The van der Waals surface area contributed by atoms with Crippen LogP contribution in [-0.2, 0) is 24.3 Å². The molecule has 0 aliphatic carbocycles. The Bertz CT molecular complexity index is 1420. The highest BCUT2D eigenvalue weighted by molar-refractivity contribution is 5.92. The Balaban J connectivity index is 1.64. The lowest BCUT2D eigenvalue weighted by molar-refractivity contribution is -0.116. The minimum atomic E-state index is -0.264. The van der Waals surface area contributed by atoms with E-state index in [0.717, 1.165) is 28.6 Å². The molecule has 0 saturated heterocycles. The van der Waals surface area contributed by atoms with Crippen LogP contribution < -0.4 is 20.9 Å². The number of pyridine rings is 1. The summed E-state index contributed by atoms with van der Waals surface area (Å²) in [4.78, 5) is 26.5. The third-order valence-electron chi connectivity index (χ3n) is 6.32. The van der Waals surface area contributed by atoms with E-state index < -0.39 is 0 Å². The van der Waals surface area contributed by atoms with Gasteiger partial charge in [-0.1, -0.05) is 25.1 Å². The Morgan fingerprint density at radius 3 is 2.34 bits per heavy atom. The van der Waals surface area contributed by atoms with Crippen molar-refractivity contribution in [2.24, 2.45) is 0 Å². The number of anilines is 2. The number of benzene rings is 3. The summed E-state index contributed by atoms with van der Waals surface area (Å²) in [5.41, 5.74) is 6.18. The number of ether oxygens (including phenoxy) is 1. The van der Waals surface area contributed by atoms with Crippen LogP contribution >= 0.6 is 0 Å². The molecule has 6 nitrogen and oxygen atoms in total. The zero-order valence-electron chi connectivity index (χ0n) is 20.6. The summed E-state index contributed by atoms with van der Waals surface area (Å²) in [6, 6.07) is 21.4. The second-order valence-corrected chi connectivity index (χ2v) is 8.74. The monoisotopic (exact) mass is 469 g/mol. The third-order valence-corrected chi connectivity index (χ3v) is 6.32. The quantitative estimate of drug-likeness (QED) is 0.360. The Morgan fingerprint density at radius 1 is 0.914 bits per heavy atom. The lowest BCUT2D eigenvalue weighted by atomic mass is 10.1. The van der Waals surface area contributed by atoms with E-state index >= 15 is 0 Å². The molecule has 0 bridgehead atoms. The summed E-state index contributed by atoms with van der Waals surface area (Å²) in [6.45, 7) is 6.39. The molecular weight excluding hydrogens is 438 g/mol. The predicted octanol–water partition coefficient (Wildman–Crippen LogP) is 5.44. The van der Waals surface area contributed by atoms with Gasteiger partial charge in [-0.15, -0.1) is 0 Å². The van der Waals surface area contributed by atoms with Crippen LogP contribution in [-0.4, -0.2) is 17.6 Å². The third kappa shape index (κ3) is 5.54. The first kappa shape index (κ1) is 24.1. The van der Waals surface area contributed by atoms with Crippen LogP contribution in [0.25, 0.3) is 10.9 Å². The first-order chi connectivity index (χ1) is 16.9. The number of fused-ring (bicyclic) bond motifs is 1. The SMILES string of the molecule is CCc1ccc(NCc2cc3ccc(OC)cc3n(CC(=O)Nc3ccc(C)c(C)c3)c2=O)cc1. The maximum absolute atomic E-state index is 13.5. The fourth-order valence-corrected chi connectivity index (χ4v) is 4.04. The Morgan fingerprint density at radius 2 is 1.66 bits per heavy atom. The van der Waals surface area contributed by atoms with Gasteiger partial charge in [0.25, 0.3) is 5.56 Å². The lowest BCUT2D eigenvalue weighted by Gasteiger charge is -2.15. The molecule has 0 aliphatic rings. The van der Waals surface area contributed by atoms with Crippen molar-refractivity contribution in [3.63, 3.8) is 0 Å². The van der Waals surface area contributed by atoms with Crippen LogP contribution in [0.4, 0.5) is 11.4 Å². The molecule has 3 aromatic carbocycles. The molecule has 0 saturated carbocycles. The van der Waals surface area contributed by atoms with Gasteiger partial charge in [0.1, 0.15) is 12.3 Å². The topological polar surface area (TPSA) is 72.4 Å². The summed E-state index contributed by atoms with van der Waals surface area (Å²) in [6.07, 6.45) is 0.976. The second-order valence-electron chi connectivity index (χ2n) is 8.74. The molecule has 4 aromatic rings. The van der Waals surface area contributed by atoms with E-state index in [1.54, 1.807) is 13.2 Å². The van der Waals surface area contributed by atoms with E-state index in [2.05, 4.69) is 29.7 Å². The fraction of sp³-hybridized carbons (Fsp3) is 0.241. The molecule has 0 radical (unpaired) electrons. The predicted molar refractivity (Wildman–Crippen MR) is 142 cm³/mol. The molecule has 1 aromatic heterocycles. The number of rotatable bonds is 8. The maximum atomic E-state index is 13.5. The summed E-state index contributed by atoms with van der Waals surface area (Å²) >= 11 is 0. The van der Waals surface area contributed by atoms with Gasteiger partial charge < -0.3 is 15.4 Å². The average molecular weight is 470 g/mol.